The Morgan fingerprint density at radius 3 is 2.74 bits per heavy atom. The van der Waals surface area contributed by atoms with Crippen molar-refractivity contribution in [3.63, 3.8) is 0 Å². The van der Waals surface area contributed by atoms with Crippen LogP contribution in [0.3, 0.4) is 0 Å². The minimum absolute atomic E-state index is 0.0593. The number of halogens is 1. The third-order valence-electron chi connectivity index (χ3n) is 5.93. The number of ether oxygens (including phenoxy) is 1. The molecule has 0 bridgehead atoms. The van der Waals surface area contributed by atoms with E-state index < -0.39 is 0 Å². The number of likely N-dealkylation sites (tertiary alicyclic amines) is 1. The molecular formula is C26H28ClN3O3S. The smallest absolute Gasteiger partial charge is 0.254 e. The highest BCUT2D eigenvalue weighted by molar-refractivity contribution is 7.09. The van der Waals surface area contributed by atoms with Gasteiger partial charge in [0.1, 0.15) is 17.4 Å². The molecule has 1 aliphatic heterocycles. The summed E-state index contributed by atoms with van der Waals surface area (Å²) < 4.78 is 5.72. The van der Waals surface area contributed by atoms with Gasteiger partial charge in [0.15, 0.2) is 0 Å². The Hall–Kier alpha value is -2.90. The summed E-state index contributed by atoms with van der Waals surface area (Å²) in [6.45, 7) is 5.14. The van der Waals surface area contributed by atoms with E-state index in [-0.39, 0.29) is 24.3 Å². The van der Waals surface area contributed by atoms with Crippen LogP contribution < -0.4 is 10.1 Å². The maximum atomic E-state index is 12.9. The highest BCUT2D eigenvalue weighted by atomic mass is 35.5. The van der Waals surface area contributed by atoms with Crippen LogP contribution in [0.4, 0.5) is 5.69 Å². The molecule has 178 valence electrons. The van der Waals surface area contributed by atoms with E-state index in [0.717, 1.165) is 30.0 Å². The van der Waals surface area contributed by atoms with Crippen LogP contribution in [0.15, 0.2) is 47.8 Å². The highest BCUT2D eigenvalue weighted by Crippen LogP contribution is 2.23. The SMILES string of the molecule is Cc1cc(C(=O)N2CCCCC2C)ccc1NC(=O)Cc1csc(COc2ccc(Cl)cc2)n1. The molecule has 1 atom stereocenters. The molecule has 2 heterocycles. The van der Waals surface area contributed by atoms with Crippen LogP contribution in [0, 0.1) is 6.92 Å². The van der Waals surface area contributed by atoms with Crippen molar-refractivity contribution >= 4 is 40.4 Å². The second-order valence-corrected chi connectivity index (χ2v) is 9.95. The summed E-state index contributed by atoms with van der Waals surface area (Å²) >= 11 is 7.34. The topological polar surface area (TPSA) is 71.5 Å². The van der Waals surface area contributed by atoms with Gasteiger partial charge in [-0.3, -0.25) is 9.59 Å². The first kappa shape index (κ1) is 24.2. The van der Waals surface area contributed by atoms with E-state index >= 15 is 0 Å². The Labute approximate surface area is 208 Å². The second kappa shape index (κ2) is 11.0. The summed E-state index contributed by atoms with van der Waals surface area (Å²) in [5.41, 5.74) is 2.92. The Morgan fingerprint density at radius 2 is 2.00 bits per heavy atom. The lowest BCUT2D eigenvalue weighted by molar-refractivity contribution is -0.115. The molecular weight excluding hydrogens is 470 g/mol. The maximum absolute atomic E-state index is 12.9. The van der Waals surface area contributed by atoms with Crippen LogP contribution in [-0.2, 0) is 17.8 Å². The zero-order valence-corrected chi connectivity index (χ0v) is 20.9. The van der Waals surface area contributed by atoms with Crippen LogP contribution in [0.5, 0.6) is 5.75 Å². The number of benzene rings is 2. The number of hydrogen-bond acceptors (Lipinski definition) is 5. The number of nitrogens with one attached hydrogen (secondary N) is 1. The zero-order valence-electron chi connectivity index (χ0n) is 19.3. The van der Waals surface area contributed by atoms with Crippen LogP contribution in [-0.4, -0.2) is 34.3 Å². The van der Waals surface area contributed by atoms with Crippen molar-refractivity contribution in [1.29, 1.82) is 0 Å². The van der Waals surface area contributed by atoms with Gasteiger partial charge in [0, 0.05) is 34.2 Å². The molecule has 34 heavy (non-hydrogen) atoms. The molecule has 1 aliphatic rings. The minimum Gasteiger partial charge on any atom is -0.486 e. The van der Waals surface area contributed by atoms with Gasteiger partial charge < -0.3 is 15.0 Å². The predicted molar refractivity (Wildman–Crippen MR) is 136 cm³/mol. The Balaban J connectivity index is 1.31. The summed E-state index contributed by atoms with van der Waals surface area (Å²) in [6, 6.07) is 12.9. The lowest BCUT2D eigenvalue weighted by Crippen LogP contribution is -2.42. The van der Waals surface area contributed by atoms with Gasteiger partial charge in [-0.25, -0.2) is 4.98 Å². The maximum Gasteiger partial charge on any atom is 0.254 e. The minimum atomic E-state index is -0.151. The van der Waals surface area contributed by atoms with Gasteiger partial charge in [0.2, 0.25) is 5.91 Å². The molecule has 2 aromatic carbocycles. The number of anilines is 1. The van der Waals surface area contributed by atoms with Crippen molar-refractivity contribution in [3.8, 4) is 5.75 Å². The van der Waals surface area contributed by atoms with Crippen LogP contribution in [0.1, 0.15) is 52.8 Å². The second-order valence-electron chi connectivity index (χ2n) is 8.57. The molecule has 0 radical (unpaired) electrons. The summed E-state index contributed by atoms with van der Waals surface area (Å²) in [7, 11) is 0. The Morgan fingerprint density at radius 1 is 1.21 bits per heavy atom. The molecule has 0 aliphatic carbocycles. The average Bonchev–Trinajstić information content (AvgIpc) is 3.27. The number of aromatic nitrogens is 1. The van der Waals surface area contributed by atoms with E-state index in [0.29, 0.717) is 34.3 Å². The number of amides is 2. The van der Waals surface area contributed by atoms with Gasteiger partial charge in [-0.05, 0) is 81.1 Å². The van der Waals surface area contributed by atoms with E-state index in [1.54, 1.807) is 30.3 Å². The van der Waals surface area contributed by atoms with Gasteiger partial charge in [0.05, 0.1) is 12.1 Å². The Bertz CT molecular complexity index is 1160. The van der Waals surface area contributed by atoms with E-state index in [9.17, 15) is 9.59 Å². The number of piperidine rings is 1. The normalized spacial score (nSPS) is 15.7. The predicted octanol–water partition coefficient (Wildman–Crippen LogP) is 5.88. The number of rotatable bonds is 7. The van der Waals surface area contributed by atoms with E-state index in [1.807, 2.05) is 29.3 Å². The van der Waals surface area contributed by atoms with Crippen LogP contribution in [0.25, 0.3) is 0 Å². The fourth-order valence-electron chi connectivity index (χ4n) is 4.03. The third-order valence-corrected chi connectivity index (χ3v) is 7.05. The quantitative estimate of drug-likeness (QED) is 0.442. The van der Waals surface area contributed by atoms with Crippen molar-refractivity contribution in [2.75, 3.05) is 11.9 Å². The zero-order chi connectivity index (χ0) is 24.1. The Kier molecular flexibility index (Phi) is 7.85. The fraction of sp³-hybridized carbons (Fsp3) is 0.346. The summed E-state index contributed by atoms with van der Waals surface area (Å²) in [5.74, 6) is 0.623. The standard InChI is InChI=1S/C26H28ClN3O3S/c1-17-13-19(26(32)30-12-4-3-5-18(30)2)6-11-23(17)29-24(31)14-21-16-34-25(28-21)15-33-22-9-7-20(27)8-10-22/h6-11,13,16,18H,3-5,12,14-15H2,1-2H3,(H,29,31). The first-order valence-electron chi connectivity index (χ1n) is 11.4. The highest BCUT2D eigenvalue weighted by Gasteiger charge is 2.24. The van der Waals surface area contributed by atoms with E-state index in [2.05, 4.69) is 17.2 Å². The third kappa shape index (κ3) is 6.15. The molecule has 6 nitrogen and oxygen atoms in total. The van der Waals surface area contributed by atoms with Gasteiger partial charge in [0.25, 0.3) is 5.91 Å². The number of thiazole rings is 1. The first-order valence-corrected chi connectivity index (χ1v) is 12.7. The molecule has 3 aromatic rings. The van der Waals surface area contributed by atoms with Crippen LogP contribution in [0.2, 0.25) is 5.02 Å². The number of hydrogen-bond donors (Lipinski definition) is 1. The van der Waals surface area contributed by atoms with Crippen molar-refractivity contribution < 1.29 is 14.3 Å². The van der Waals surface area contributed by atoms with Crippen molar-refractivity contribution in [3.05, 3.63) is 74.7 Å². The molecule has 1 N–H and O–H groups in total. The van der Waals surface area contributed by atoms with Gasteiger partial charge >= 0.3 is 0 Å². The first-order chi connectivity index (χ1) is 16.4. The number of aryl methyl sites for hydroxylation is 1. The average molecular weight is 498 g/mol. The summed E-state index contributed by atoms with van der Waals surface area (Å²) in [4.78, 5) is 32.0. The number of nitrogens with zero attached hydrogens (tertiary/aromatic N) is 2. The van der Waals surface area contributed by atoms with Crippen molar-refractivity contribution in [2.24, 2.45) is 0 Å². The fourth-order valence-corrected chi connectivity index (χ4v) is 4.86. The van der Waals surface area contributed by atoms with Crippen molar-refractivity contribution in [1.82, 2.24) is 9.88 Å². The monoisotopic (exact) mass is 497 g/mol. The number of carbonyl (C=O) groups is 2. The molecule has 1 fully saturated rings. The summed E-state index contributed by atoms with van der Waals surface area (Å²) in [5, 5.41) is 6.26. The van der Waals surface area contributed by atoms with E-state index in [4.69, 9.17) is 16.3 Å². The lowest BCUT2D eigenvalue weighted by atomic mass is 10.0. The van der Waals surface area contributed by atoms with Crippen molar-refractivity contribution in [2.45, 2.75) is 52.2 Å². The molecule has 1 saturated heterocycles. The molecule has 1 unspecified atom stereocenters. The molecule has 2 amide bonds. The van der Waals surface area contributed by atoms with Gasteiger partial charge in [-0.1, -0.05) is 11.6 Å². The molecule has 8 heteroatoms. The molecule has 1 aromatic heterocycles. The van der Waals surface area contributed by atoms with E-state index in [1.165, 1.54) is 17.8 Å². The lowest BCUT2D eigenvalue weighted by Gasteiger charge is -2.33. The molecule has 0 saturated carbocycles. The summed E-state index contributed by atoms with van der Waals surface area (Å²) in [6.07, 6.45) is 3.44. The van der Waals surface area contributed by atoms with Gasteiger partial charge in [-0.15, -0.1) is 11.3 Å². The number of carbonyl (C=O) groups excluding carboxylic acids is 2. The molecule has 4 rings (SSSR count). The molecule has 0 spiro atoms. The van der Waals surface area contributed by atoms with Crippen LogP contribution >= 0.6 is 22.9 Å². The largest absolute Gasteiger partial charge is 0.486 e. The van der Waals surface area contributed by atoms with Gasteiger partial charge in [-0.2, -0.15) is 0 Å².